The van der Waals surface area contributed by atoms with Gasteiger partial charge in [0.15, 0.2) is 0 Å². The molecule has 98 valence electrons. The van der Waals surface area contributed by atoms with Gasteiger partial charge in [-0.3, -0.25) is 9.78 Å². The quantitative estimate of drug-likeness (QED) is 0.850. The summed E-state index contributed by atoms with van der Waals surface area (Å²) in [7, 11) is 0. The van der Waals surface area contributed by atoms with Crippen LogP contribution in [-0.4, -0.2) is 23.5 Å². The number of aryl methyl sites for hydroxylation is 1. The Morgan fingerprint density at radius 1 is 1.50 bits per heavy atom. The Morgan fingerprint density at radius 2 is 2.22 bits per heavy atom. The van der Waals surface area contributed by atoms with Crippen LogP contribution in [0.3, 0.4) is 0 Å². The third-order valence-electron chi connectivity index (χ3n) is 3.71. The molecule has 0 radical (unpaired) electrons. The van der Waals surface area contributed by atoms with Gasteiger partial charge in [-0.1, -0.05) is 12.8 Å². The van der Waals surface area contributed by atoms with Gasteiger partial charge in [0.2, 0.25) is 0 Å². The van der Waals surface area contributed by atoms with E-state index in [1.165, 1.54) is 25.7 Å². The van der Waals surface area contributed by atoms with Gasteiger partial charge in [0, 0.05) is 24.5 Å². The number of nitrogens with zero attached hydrogens (tertiary/aromatic N) is 1. The van der Waals surface area contributed by atoms with Crippen LogP contribution in [0.5, 0.6) is 0 Å². The lowest BCUT2D eigenvalue weighted by atomic mass is 9.98. The van der Waals surface area contributed by atoms with Gasteiger partial charge in [0.1, 0.15) is 0 Å². The summed E-state index contributed by atoms with van der Waals surface area (Å²) in [5, 5.41) is 3.04. The highest BCUT2D eigenvalue weighted by Gasteiger charge is 2.25. The van der Waals surface area contributed by atoms with Crippen molar-refractivity contribution in [1.29, 1.82) is 0 Å². The standard InChI is InChI=1S/C14H21N3O/c1-10-6-7-12(9-16-10)14(18)17-13(8-15)11-4-2-3-5-11/h6-7,9,11,13H,2-5,8,15H2,1H3,(H,17,18). The van der Waals surface area contributed by atoms with Crippen molar-refractivity contribution < 1.29 is 4.79 Å². The molecule has 1 aromatic rings. The zero-order valence-corrected chi connectivity index (χ0v) is 10.9. The first-order valence-electron chi connectivity index (χ1n) is 6.64. The van der Waals surface area contributed by atoms with E-state index in [4.69, 9.17) is 5.73 Å². The van der Waals surface area contributed by atoms with Crippen LogP contribution < -0.4 is 11.1 Å². The predicted molar refractivity (Wildman–Crippen MR) is 71.2 cm³/mol. The lowest BCUT2D eigenvalue weighted by molar-refractivity contribution is 0.0924. The molecule has 0 aliphatic heterocycles. The molecule has 4 heteroatoms. The average molecular weight is 247 g/mol. The van der Waals surface area contributed by atoms with Crippen molar-refractivity contribution in [3.8, 4) is 0 Å². The second kappa shape index (κ2) is 5.96. The van der Waals surface area contributed by atoms with E-state index in [0.29, 0.717) is 18.0 Å². The number of amides is 1. The Kier molecular flexibility index (Phi) is 4.31. The van der Waals surface area contributed by atoms with Crippen LogP contribution in [0, 0.1) is 12.8 Å². The van der Waals surface area contributed by atoms with Crippen molar-refractivity contribution in [3.05, 3.63) is 29.6 Å². The van der Waals surface area contributed by atoms with E-state index in [9.17, 15) is 4.79 Å². The number of rotatable bonds is 4. The van der Waals surface area contributed by atoms with E-state index in [1.54, 1.807) is 12.3 Å². The fourth-order valence-electron chi connectivity index (χ4n) is 2.58. The van der Waals surface area contributed by atoms with Crippen LogP contribution in [0.25, 0.3) is 0 Å². The van der Waals surface area contributed by atoms with E-state index in [1.807, 2.05) is 13.0 Å². The summed E-state index contributed by atoms with van der Waals surface area (Å²) in [4.78, 5) is 16.2. The molecule has 1 amide bonds. The molecular weight excluding hydrogens is 226 g/mol. The first-order valence-corrected chi connectivity index (χ1v) is 6.64. The maximum atomic E-state index is 12.1. The molecule has 18 heavy (non-hydrogen) atoms. The van der Waals surface area contributed by atoms with Crippen LogP contribution in [0.1, 0.15) is 41.7 Å². The fraction of sp³-hybridized carbons (Fsp3) is 0.571. The van der Waals surface area contributed by atoms with Gasteiger partial charge in [-0.05, 0) is 37.8 Å². The summed E-state index contributed by atoms with van der Waals surface area (Å²) >= 11 is 0. The first kappa shape index (κ1) is 13.0. The van der Waals surface area contributed by atoms with E-state index in [2.05, 4.69) is 10.3 Å². The minimum Gasteiger partial charge on any atom is -0.348 e. The molecule has 1 unspecified atom stereocenters. The van der Waals surface area contributed by atoms with Crippen molar-refractivity contribution in [2.75, 3.05) is 6.54 Å². The smallest absolute Gasteiger partial charge is 0.253 e. The van der Waals surface area contributed by atoms with E-state index < -0.39 is 0 Å². The molecule has 1 saturated carbocycles. The predicted octanol–water partition coefficient (Wildman–Crippen LogP) is 1.64. The second-order valence-electron chi connectivity index (χ2n) is 5.05. The number of carbonyl (C=O) groups excluding carboxylic acids is 1. The molecule has 1 aromatic heterocycles. The molecular formula is C14H21N3O. The largest absolute Gasteiger partial charge is 0.348 e. The minimum absolute atomic E-state index is 0.0650. The van der Waals surface area contributed by atoms with Crippen LogP contribution in [0.2, 0.25) is 0 Å². The van der Waals surface area contributed by atoms with E-state index in [0.717, 1.165) is 5.69 Å². The van der Waals surface area contributed by atoms with Crippen LogP contribution in [0.15, 0.2) is 18.3 Å². The molecule has 1 atom stereocenters. The molecule has 0 spiro atoms. The first-order chi connectivity index (χ1) is 8.70. The molecule has 0 saturated heterocycles. The molecule has 2 rings (SSSR count). The Hall–Kier alpha value is -1.42. The lowest BCUT2D eigenvalue weighted by Crippen LogP contribution is -2.44. The average Bonchev–Trinajstić information content (AvgIpc) is 2.90. The highest BCUT2D eigenvalue weighted by Crippen LogP contribution is 2.27. The number of nitrogens with two attached hydrogens (primary N) is 1. The third-order valence-corrected chi connectivity index (χ3v) is 3.71. The summed E-state index contributed by atoms with van der Waals surface area (Å²) in [5.74, 6) is 0.474. The summed E-state index contributed by atoms with van der Waals surface area (Å²) in [6.07, 6.45) is 6.47. The van der Waals surface area contributed by atoms with Gasteiger partial charge in [0.05, 0.1) is 5.56 Å². The Bertz CT molecular complexity index is 396. The molecule has 0 bridgehead atoms. The highest BCUT2D eigenvalue weighted by molar-refractivity contribution is 5.94. The Morgan fingerprint density at radius 3 is 2.78 bits per heavy atom. The van der Waals surface area contributed by atoms with Crippen molar-refractivity contribution in [3.63, 3.8) is 0 Å². The van der Waals surface area contributed by atoms with E-state index >= 15 is 0 Å². The Labute approximate surface area is 108 Å². The summed E-state index contributed by atoms with van der Waals surface area (Å²) in [6.45, 7) is 2.42. The van der Waals surface area contributed by atoms with Gasteiger partial charge in [-0.2, -0.15) is 0 Å². The number of pyridine rings is 1. The number of hydrogen-bond donors (Lipinski definition) is 2. The van der Waals surface area contributed by atoms with Crippen molar-refractivity contribution >= 4 is 5.91 Å². The molecule has 1 aliphatic rings. The molecule has 1 heterocycles. The molecule has 0 aromatic carbocycles. The van der Waals surface area contributed by atoms with Gasteiger partial charge < -0.3 is 11.1 Å². The van der Waals surface area contributed by atoms with Crippen molar-refractivity contribution in [2.24, 2.45) is 11.7 Å². The Balaban J connectivity index is 1.98. The van der Waals surface area contributed by atoms with Gasteiger partial charge in [-0.25, -0.2) is 0 Å². The monoisotopic (exact) mass is 247 g/mol. The topological polar surface area (TPSA) is 68.0 Å². The van der Waals surface area contributed by atoms with E-state index in [-0.39, 0.29) is 11.9 Å². The normalized spacial score (nSPS) is 17.7. The number of aromatic nitrogens is 1. The molecule has 3 N–H and O–H groups in total. The number of carbonyl (C=O) groups is 1. The van der Waals surface area contributed by atoms with Crippen LogP contribution in [0.4, 0.5) is 0 Å². The van der Waals surface area contributed by atoms with Gasteiger partial charge in [0.25, 0.3) is 5.91 Å². The zero-order chi connectivity index (χ0) is 13.0. The van der Waals surface area contributed by atoms with Crippen molar-refractivity contribution in [1.82, 2.24) is 10.3 Å². The minimum atomic E-state index is -0.0650. The highest BCUT2D eigenvalue weighted by atomic mass is 16.1. The SMILES string of the molecule is Cc1ccc(C(=O)NC(CN)C2CCCC2)cn1. The maximum Gasteiger partial charge on any atom is 0.253 e. The molecule has 1 aliphatic carbocycles. The van der Waals surface area contributed by atoms with Crippen molar-refractivity contribution in [2.45, 2.75) is 38.6 Å². The maximum absolute atomic E-state index is 12.1. The fourth-order valence-corrected chi connectivity index (χ4v) is 2.58. The lowest BCUT2D eigenvalue weighted by Gasteiger charge is -2.23. The number of hydrogen-bond acceptors (Lipinski definition) is 3. The summed E-state index contributed by atoms with van der Waals surface area (Å²) in [6, 6.07) is 3.75. The van der Waals surface area contributed by atoms with Gasteiger partial charge in [-0.15, -0.1) is 0 Å². The molecule has 1 fully saturated rings. The van der Waals surface area contributed by atoms with Crippen LogP contribution >= 0.6 is 0 Å². The zero-order valence-electron chi connectivity index (χ0n) is 10.9. The summed E-state index contributed by atoms with van der Waals surface area (Å²) < 4.78 is 0. The second-order valence-corrected chi connectivity index (χ2v) is 5.05. The van der Waals surface area contributed by atoms with Crippen LogP contribution in [-0.2, 0) is 0 Å². The third kappa shape index (κ3) is 3.07. The van der Waals surface area contributed by atoms with Gasteiger partial charge >= 0.3 is 0 Å². The summed E-state index contributed by atoms with van der Waals surface area (Å²) in [5.41, 5.74) is 7.30. The number of nitrogens with one attached hydrogen (secondary N) is 1. The molecule has 4 nitrogen and oxygen atoms in total.